The molecular weight excluding hydrogens is 166 g/mol. The van der Waals surface area contributed by atoms with Gasteiger partial charge in [-0.1, -0.05) is 0 Å². The fraction of sp³-hybridized carbons (Fsp3) is 0.400. The Morgan fingerprint density at radius 3 is 3.23 bits per heavy atom. The minimum absolute atomic E-state index is 0.784. The van der Waals surface area contributed by atoms with Gasteiger partial charge in [0.2, 0.25) is 0 Å². The molecule has 13 heavy (non-hydrogen) atoms. The van der Waals surface area contributed by atoms with E-state index in [4.69, 9.17) is 9.47 Å². The Morgan fingerprint density at radius 2 is 2.38 bits per heavy atom. The molecule has 1 N–H and O–H groups in total. The summed E-state index contributed by atoms with van der Waals surface area (Å²) in [6.45, 7) is 1.74. The van der Waals surface area contributed by atoms with Crippen molar-refractivity contribution >= 4 is 5.69 Å². The van der Waals surface area contributed by atoms with Crippen LogP contribution in [0.15, 0.2) is 18.2 Å². The molecule has 2 rings (SSSR count). The van der Waals surface area contributed by atoms with Crippen LogP contribution in [-0.2, 0) is 0 Å². The summed E-state index contributed by atoms with van der Waals surface area (Å²) in [6, 6.07) is 5.80. The largest absolute Gasteiger partial charge is 0.497 e. The molecule has 3 heteroatoms. The van der Waals surface area contributed by atoms with Crippen molar-refractivity contribution in [3.8, 4) is 11.5 Å². The first-order valence-corrected chi connectivity index (χ1v) is 4.45. The van der Waals surface area contributed by atoms with E-state index in [-0.39, 0.29) is 0 Å². The number of ether oxygens (including phenoxy) is 2. The molecule has 0 aromatic heterocycles. The van der Waals surface area contributed by atoms with Crippen LogP contribution in [0.3, 0.4) is 0 Å². The lowest BCUT2D eigenvalue weighted by Crippen LogP contribution is -2.00. The first-order valence-electron chi connectivity index (χ1n) is 4.45. The summed E-state index contributed by atoms with van der Waals surface area (Å²) >= 11 is 0. The Morgan fingerprint density at radius 1 is 1.46 bits per heavy atom. The highest BCUT2D eigenvalue weighted by atomic mass is 16.5. The van der Waals surface area contributed by atoms with Gasteiger partial charge >= 0.3 is 0 Å². The van der Waals surface area contributed by atoms with E-state index in [0.29, 0.717) is 0 Å². The monoisotopic (exact) mass is 179 g/mol. The Kier molecular flexibility index (Phi) is 2.25. The maximum absolute atomic E-state index is 5.53. The molecule has 70 valence electrons. The van der Waals surface area contributed by atoms with Crippen LogP contribution >= 0.6 is 0 Å². The van der Waals surface area contributed by atoms with E-state index in [9.17, 15) is 0 Å². The number of anilines is 1. The van der Waals surface area contributed by atoms with Gasteiger partial charge in [0, 0.05) is 12.6 Å². The van der Waals surface area contributed by atoms with Gasteiger partial charge in [0.1, 0.15) is 11.5 Å². The third-order valence-corrected chi connectivity index (χ3v) is 2.08. The molecule has 0 saturated heterocycles. The van der Waals surface area contributed by atoms with Crippen LogP contribution in [0.1, 0.15) is 6.42 Å². The number of benzene rings is 1. The third-order valence-electron chi connectivity index (χ3n) is 2.08. The quantitative estimate of drug-likeness (QED) is 0.714. The molecule has 0 spiro atoms. The molecule has 0 radical (unpaired) electrons. The third kappa shape index (κ3) is 1.69. The van der Waals surface area contributed by atoms with E-state index in [1.807, 2.05) is 18.2 Å². The van der Waals surface area contributed by atoms with Gasteiger partial charge in [-0.25, -0.2) is 0 Å². The maximum atomic E-state index is 5.53. The smallest absolute Gasteiger partial charge is 0.142 e. The van der Waals surface area contributed by atoms with Gasteiger partial charge in [-0.2, -0.15) is 0 Å². The van der Waals surface area contributed by atoms with Gasteiger partial charge in [-0.15, -0.1) is 0 Å². The van der Waals surface area contributed by atoms with Crippen LogP contribution in [0.5, 0.6) is 11.5 Å². The normalized spacial score (nSPS) is 14.8. The maximum Gasteiger partial charge on any atom is 0.142 e. The SMILES string of the molecule is COc1ccc2c(c1)NCCCO2. The predicted octanol–water partition coefficient (Wildman–Crippen LogP) is 1.89. The average Bonchev–Trinajstić information content (AvgIpc) is 2.41. The summed E-state index contributed by atoms with van der Waals surface area (Å²) in [7, 11) is 1.67. The molecule has 1 aliphatic heterocycles. The number of hydrogen-bond acceptors (Lipinski definition) is 3. The first-order chi connectivity index (χ1) is 6.40. The van der Waals surface area contributed by atoms with Crippen molar-refractivity contribution in [1.82, 2.24) is 0 Å². The highest BCUT2D eigenvalue weighted by molar-refractivity contribution is 5.60. The van der Waals surface area contributed by atoms with Crippen LogP contribution < -0.4 is 14.8 Å². The number of rotatable bonds is 1. The summed E-state index contributed by atoms with van der Waals surface area (Å²) in [4.78, 5) is 0. The summed E-state index contributed by atoms with van der Waals surface area (Å²) in [6.07, 6.45) is 1.04. The van der Waals surface area contributed by atoms with Gasteiger partial charge in [-0.3, -0.25) is 0 Å². The van der Waals surface area contributed by atoms with Crippen LogP contribution in [0.25, 0.3) is 0 Å². The van der Waals surface area contributed by atoms with E-state index < -0.39 is 0 Å². The molecule has 0 unspecified atom stereocenters. The van der Waals surface area contributed by atoms with Crippen LogP contribution in [0.4, 0.5) is 5.69 Å². The molecule has 0 bridgehead atoms. The minimum Gasteiger partial charge on any atom is -0.497 e. The van der Waals surface area contributed by atoms with Gasteiger partial charge in [0.25, 0.3) is 0 Å². The van der Waals surface area contributed by atoms with E-state index >= 15 is 0 Å². The summed E-state index contributed by atoms with van der Waals surface area (Å²) in [5.74, 6) is 1.77. The molecule has 1 heterocycles. The predicted molar refractivity (Wildman–Crippen MR) is 51.6 cm³/mol. The lowest BCUT2D eigenvalue weighted by Gasteiger charge is -2.08. The summed E-state index contributed by atoms with van der Waals surface area (Å²) in [5.41, 5.74) is 1.02. The molecule has 0 saturated carbocycles. The van der Waals surface area contributed by atoms with E-state index in [2.05, 4.69) is 5.32 Å². The molecule has 0 atom stereocenters. The summed E-state index contributed by atoms with van der Waals surface area (Å²) < 4.78 is 10.7. The fourth-order valence-electron chi connectivity index (χ4n) is 1.38. The Labute approximate surface area is 77.7 Å². The highest BCUT2D eigenvalue weighted by Crippen LogP contribution is 2.30. The zero-order valence-corrected chi connectivity index (χ0v) is 7.67. The van der Waals surface area contributed by atoms with Crippen molar-refractivity contribution in [3.05, 3.63) is 18.2 Å². The van der Waals surface area contributed by atoms with Crippen molar-refractivity contribution in [2.75, 3.05) is 25.6 Å². The first kappa shape index (κ1) is 8.23. The number of nitrogens with one attached hydrogen (secondary N) is 1. The summed E-state index contributed by atoms with van der Waals surface area (Å²) in [5, 5.41) is 3.29. The second kappa shape index (κ2) is 3.56. The van der Waals surface area contributed by atoms with Gasteiger partial charge < -0.3 is 14.8 Å². The van der Waals surface area contributed by atoms with Crippen LogP contribution in [0, 0.1) is 0 Å². The standard InChI is InChI=1S/C10H13NO2/c1-12-8-3-4-10-9(7-8)11-5-2-6-13-10/h3-4,7,11H,2,5-6H2,1H3. The molecule has 3 nitrogen and oxygen atoms in total. The molecule has 1 aromatic carbocycles. The van der Waals surface area contributed by atoms with E-state index in [0.717, 1.165) is 36.8 Å². The molecule has 0 amide bonds. The molecule has 0 aliphatic carbocycles. The lowest BCUT2D eigenvalue weighted by molar-refractivity contribution is 0.322. The van der Waals surface area contributed by atoms with Crippen LogP contribution in [-0.4, -0.2) is 20.3 Å². The fourth-order valence-corrected chi connectivity index (χ4v) is 1.38. The topological polar surface area (TPSA) is 30.5 Å². The average molecular weight is 179 g/mol. The molecule has 1 aliphatic rings. The number of methoxy groups -OCH3 is 1. The zero-order chi connectivity index (χ0) is 9.10. The second-order valence-corrected chi connectivity index (χ2v) is 2.99. The van der Waals surface area contributed by atoms with Crippen molar-refractivity contribution in [2.45, 2.75) is 6.42 Å². The zero-order valence-electron chi connectivity index (χ0n) is 7.67. The minimum atomic E-state index is 0.784. The number of fused-ring (bicyclic) bond motifs is 1. The van der Waals surface area contributed by atoms with Crippen molar-refractivity contribution in [2.24, 2.45) is 0 Å². The van der Waals surface area contributed by atoms with Crippen molar-refractivity contribution in [3.63, 3.8) is 0 Å². The van der Waals surface area contributed by atoms with E-state index in [1.165, 1.54) is 0 Å². The van der Waals surface area contributed by atoms with Crippen LogP contribution in [0.2, 0.25) is 0 Å². The lowest BCUT2D eigenvalue weighted by atomic mass is 10.2. The van der Waals surface area contributed by atoms with Crippen molar-refractivity contribution < 1.29 is 9.47 Å². The number of hydrogen-bond donors (Lipinski definition) is 1. The van der Waals surface area contributed by atoms with Gasteiger partial charge in [-0.05, 0) is 18.6 Å². The molecule has 1 aromatic rings. The Hall–Kier alpha value is -1.38. The Balaban J connectivity index is 2.32. The van der Waals surface area contributed by atoms with E-state index in [1.54, 1.807) is 7.11 Å². The molecule has 0 fully saturated rings. The van der Waals surface area contributed by atoms with Gasteiger partial charge in [0.15, 0.2) is 0 Å². The Bertz CT molecular complexity index is 299. The highest BCUT2D eigenvalue weighted by Gasteiger charge is 2.08. The second-order valence-electron chi connectivity index (χ2n) is 2.99. The van der Waals surface area contributed by atoms with Gasteiger partial charge in [0.05, 0.1) is 19.4 Å². The molecular formula is C10H13NO2. The van der Waals surface area contributed by atoms with Crippen molar-refractivity contribution in [1.29, 1.82) is 0 Å².